The largest absolute Gasteiger partial charge is 0.496 e. The van der Waals surface area contributed by atoms with Crippen LogP contribution < -0.4 is 10.1 Å². The number of ether oxygens (including phenoxy) is 1. The molecule has 0 aliphatic rings. The summed E-state index contributed by atoms with van der Waals surface area (Å²) in [6, 6.07) is 8.70. The Hall–Kier alpha value is -0.840. The topological polar surface area (TPSA) is 21.3 Å². The molecule has 1 heterocycles. The lowest BCUT2D eigenvalue weighted by Gasteiger charge is -2.16. The van der Waals surface area contributed by atoms with Gasteiger partial charge in [-0.05, 0) is 66.2 Å². The van der Waals surface area contributed by atoms with E-state index in [4.69, 9.17) is 4.74 Å². The molecule has 0 aliphatic carbocycles. The maximum atomic E-state index is 5.28. The Kier molecular flexibility index (Phi) is 4.66. The van der Waals surface area contributed by atoms with Gasteiger partial charge in [-0.15, -0.1) is 11.3 Å². The zero-order valence-electron chi connectivity index (χ0n) is 11.6. The Morgan fingerprint density at radius 2 is 2.00 bits per heavy atom. The molecule has 102 valence electrons. The first-order valence-corrected chi connectivity index (χ1v) is 7.75. The van der Waals surface area contributed by atoms with Crippen LogP contribution in [-0.4, -0.2) is 14.2 Å². The highest BCUT2D eigenvalue weighted by molar-refractivity contribution is 9.10. The Labute approximate surface area is 126 Å². The molecule has 2 nitrogen and oxygen atoms in total. The van der Waals surface area contributed by atoms with Crippen molar-refractivity contribution in [2.45, 2.75) is 19.9 Å². The SMILES string of the molecule is CNC(c1ccc(OC)c(Br)c1)c1cc(C)c(C)s1. The van der Waals surface area contributed by atoms with E-state index in [1.165, 1.54) is 20.9 Å². The van der Waals surface area contributed by atoms with Gasteiger partial charge in [0.1, 0.15) is 5.75 Å². The fourth-order valence-corrected chi connectivity index (χ4v) is 3.82. The monoisotopic (exact) mass is 339 g/mol. The first kappa shape index (κ1) is 14.6. The Morgan fingerprint density at radius 3 is 2.47 bits per heavy atom. The number of benzene rings is 1. The van der Waals surface area contributed by atoms with Gasteiger partial charge in [0, 0.05) is 9.75 Å². The maximum absolute atomic E-state index is 5.28. The molecule has 0 saturated heterocycles. The average molecular weight is 340 g/mol. The molecule has 1 N–H and O–H groups in total. The molecular weight excluding hydrogens is 322 g/mol. The number of hydrogen-bond acceptors (Lipinski definition) is 3. The zero-order valence-corrected chi connectivity index (χ0v) is 14.0. The lowest BCUT2D eigenvalue weighted by atomic mass is 10.0. The van der Waals surface area contributed by atoms with E-state index in [9.17, 15) is 0 Å². The van der Waals surface area contributed by atoms with Gasteiger partial charge in [-0.1, -0.05) is 6.07 Å². The van der Waals surface area contributed by atoms with Crippen LogP contribution in [0, 0.1) is 13.8 Å². The fourth-order valence-electron chi connectivity index (χ4n) is 2.08. The van der Waals surface area contributed by atoms with E-state index in [2.05, 4.69) is 53.3 Å². The van der Waals surface area contributed by atoms with Crippen LogP contribution in [0.25, 0.3) is 0 Å². The number of rotatable bonds is 4. The summed E-state index contributed by atoms with van der Waals surface area (Å²) < 4.78 is 6.26. The maximum Gasteiger partial charge on any atom is 0.133 e. The van der Waals surface area contributed by atoms with Crippen molar-refractivity contribution in [3.8, 4) is 5.75 Å². The first-order chi connectivity index (χ1) is 9.06. The number of thiophene rings is 1. The molecule has 0 amide bonds. The molecule has 2 rings (SSSR count). The summed E-state index contributed by atoms with van der Waals surface area (Å²) in [5, 5.41) is 3.39. The van der Waals surface area contributed by atoms with Crippen LogP contribution >= 0.6 is 27.3 Å². The van der Waals surface area contributed by atoms with E-state index >= 15 is 0 Å². The van der Waals surface area contributed by atoms with Crippen molar-refractivity contribution in [3.05, 3.63) is 49.6 Å². The highest BCUT2D eigenvalue weighted by Crippen LogP contribution is 2.34. The lowest BCUT2D eigenvalue weighted by molar-refractivity contribution is 0.412. The molecule has 1 aromatic carbocycles. The third-order valence-electron chi connectivity index (χ3n) is 3.27. The number of nitrogens with one attached hydrogen (secondary N) is 1. The minimum atomic E-state index is 0.222. The van der Waals surface area contributed by atoms with Crippen LogP contribution in [0.1, 0.15) is 26.9 Å². The van der Waals surface area contributed by atoms with Gasteiger partial charge >= 0.3 is 0 Å². The summed E-state index contributed by atoms with van der Waals surface area (Å²) in [6.45, 7) is 4.33. The van der Waals surface area contributed by atoms with Gasteiger partial charge in [-0.25, -0.2) is 0 Å². The molecular formula is C15H18BrNOS. The summed E-state index contributed by atoms with van der Waals surface area (Å²) >= 11 is 5.40. The van der Waals surface area contributed by atoms with Gasteiger partial charge in [-0.2, -0.15) is 0 Å². The van der Waals surface area contributed by atoms with Crippen molar-refractivity contribution >= 4 is 27.3 Å². The van der Waals surface area contributed by atoms with Gasteiger partial charge in [-0.3, -0.25) is 0 Å². The van der Waals surface area contributed by atoms with E-state index in [1.807, 2.05) is 24.5 Å². The molecule has 0 radical (unpaired) electrons. The summed E-state index contributed by atoms with van der Waals surface area (Å²) in [5.74, 6) is 0.858. The second-order valence-corrected chi connectivity index (χ2v) is 6.65. The third kappa shape index (κ3) is 3.02. The summed E-state index contributed by atoms with van der Waals surface area (Å²) in [7, 11) is 3.68. The quantitative estimate of drug-likeness (QED) is 0.888. The Morgan fingerprint density at radius 1 is 1.26 bits per heavy atom. The molecule has 0 fully saturated rings. The number of methoxy groups -OCH3 is 1. The van der Waals surface area contributed by atoms with Gasteiger partial charge in [0.2, 0.25) is 0 Å². The number of halogens is 1. The fraction of sp³-hybridized carbons (Fsp3) is 0.333. The molecule has 0 aliphatic heterocycles. The average Bonchev–Trinajstić information content (AvgIpc) is 2.70. The highest BCUT2D eigenvalue weighted by Gasteiger charge is 2.16. The molecule has 1 atom stereocenters. The predicted octanol–water partition coefficient (Wildman–Crippen LogP) is 4.44. The second kappa shape index (κ2) is 6.07. The molecule has 1 aromatic heterocycles. The molecule has 1 unspecified atom stereocenters. The van der Waals surface area contributed by atoms with E-state index < -0.39 is 0 Å². The van der Waals surface area contributed by atoms with E-state index in [1.54, 1.807) is 7.11 Å². The van der Waals surface area contributed by atoms with Crippen LogP contribution in [-0.2, 0) is 0 Å². The molecule has 0 spiro atoms. The molecule has 19 heavy (non-hydrogen) atoms. The zero-order chi connectivity index (χ0) is 14.0. The number of hydrogen-bond donors (Lipinski definition) is 1. The van der Waals surface area contributed by atoms with E-state index in [0.29, 0.717) is 0 Å². The smallest absolute Gasteiger partial charge is 0.133 e. The van der Waals surface area contributed by atoms with Crippen LogP contribution in [0.2, 0.25) is 0 Å². The van der Waals surface area contributed by atoms with Gasteiger partial charge < -0.3 is 10.1 Å². The standard InChI is InChI=1S/C15H18BrNOS/c1-9-7-14(19-10(9)2)15(17-3)11-5-6-13(18-4)12(16)8-11/h5-8,15,17H,1-4H3. The van der Waals surface area contributed by atoms with Gasteiger partial charge in [0.15, 0.2) is 0 Å². The van der Waals surface area contributed by atoms with Crippen molar-refractivity contribution < 1.29 is 4.74 Å². The van der Waals surface area contributed by atoms with Gasteiger partial charge in [0.25, 0.3) is 0 Å². The predicted molar refractivity (Wildman–Crippen MR) is 85.4 cm³/mol. The van der Waals surface area contributed by atoms with Crippen molar-refractivity contribution in [2.75, 3.05) is 14.2 Å². The third-order valence-corrected chi connectivity index (χ3v) is 5.10. The van der Waals surface area contributed by atoms with Crippen LogP contribution in [0.5, 0.6) is 5.75 Å². The van der Waals surface area contributed by atoms with E-state index in [0.717, 1.165) is 10.2 Å². The Bertz CT molecular complexity index is 560. The lowest BCUT2D eigenvalue weighted by Crippen LogP contribution is -2.16. The summed E-state index contributed by atoms with van der Waals surface area (Å²) in [4.78, 5) is 2.72. The van der Waals surface area contributed by atoms with Crippen LogP contribution in [0.15, 0.2) is 28.7 Å². The van der Waals surface area contributed by atoms with Crippen molar-refractivity contribution in [1.29, 1.82) is 0 Å². The summed E-state index contributed by atoms with van der Waals surface area (Å²) in [5.41, 5.74) is 2.59. The summed E-state index contributed by atoms with van der Waals surface area (Å²) in [6.07, 6.45) is 0. The van der Waals surface area contributed by atoms with Crippen molar-refractivity contribution in [2.24, 2.45) is 0 Å². The van der Waals surface area contributed by atoms with Crippen LogP contribution in [0.4, 0.5) is 0 Å². The highest BCUT2D eigenvalue weighted by atomic mass is 79.9. The molecule has 2 aromatic rings. The second-order valence-electron chi connectivity index (χ2n) is 4.50. The Balaban J connectivity index is 2.39. The minimum Gasteiger partial charge on any atom is -0.496 e. The molecule has 0 bridgehead atoms. The first-order valence-electron chi connectivity index (χ1n) is 6.14. The molecule has 0 saturated carbocycles. The van der Waals surface area contributed by atoms with Crippen molar-refractivity contribution in [1.82, 2.24) is 5.32 Å². The van der Waals surface area contributed by atoms with Crippen LogP contribution in [0.3, 0.4) is 0 Å². The minimum absolute atomic E-state index is 0.222. The van der Waals surface area contributed by atoms with Crippen molar-refractivity contribution in [3.63, 3.8) is 0 Å². The normalized spacial score (nSPS) is 12.5. The van der Waals surface area contributed by atoms with Gasteiger partial charge in [0.05, 0.1) is 17.6 Å². The number of aryl methyl sites for hydroxylation is 2. The van der Waals surface area contributed by atoms with E-state index in [-0.39, 0.29) is 6.04 Å². The molecule has 4 heteroatoms.